The Kier molecular flexibility index (Phi) is 7.49. The first-order valence-corrected chi connectivity index (χ1v) is 15.5. The van der Waals surface area contributed by atoms with Crippen LogP contribution in [0.4, 0.5) is 26.3 Å². The molecule has 0 spiro atoms. The highest BCUT2D eigenvalue weighted by atomic mass is 32.1. The zero-order valence-electron chi connectivity index (χ0n) is 23.9. The Hall–Kier alpha value is -3.88. The van der Waals surface area contributed by atoms with E-state index in [-0.39, 0.29) is 20.9 Å². The minimum atomic E-state index is -5.57. The number of alkyl halides is 6. The van der Waals surface area contributed by atoms with Crippen molar-refractivity contribution in [3.8, 4) is 21.6 Å². The monoisotopic (exact) mass is 636 g/mol. The molecular weight excluding hydrogens is 611 g/mol. The molecule has 6 rings (SSSR count). The van der Waals surface area contributed by atoms with Crippen LogP contribution in [0.2, 0.25) is 0 Å². The summed E-state index contributed by atoms with van der Waals surface area (Å²) < 4.78 is 90.0. The van der Waals surface area contributed by atoms with Gasteiger partial charge in [-0.15, -0.1) is 22.7 Å². The minimum absolute atomic E-state index is 0.256. The molecule has 1 aliphatic carbocycles. The summed E-state index contributed by atoms with van der Waals surface area (Å²) in [6, 6.07) is 26.3. The highest BCUT2D eigenvalue weighted by molar-refractivity contribution is 7.15. The molecule has 2 aromatic heterocycles. The van der Waals surface area contributed by atoms with E-state index in [2.05, 4.69) is 36.4 Å². The molecule has 0 saturated carbocycles. The molecule has 0 atom stereocenters. The van der Waals surface area contributed by atoms with E-state index in [4.69, 9.17) is 0 Å². The van der Waals surface area contributed by atoms with Crippen LogP contribution in [0.1, 0.15) is 37.6 Å². The van der Waals surface area contributed by atoms with Crippen LogP contribution in [0.3, 0.4) is 0 Å². The van der Waals surface area contributed by atoms with Crippen LogP contribution in [0, 0.1) is 20.8 Å². The van der Waals surface area contributed by atoms with Crippen molar-refractivity contribution in [3.05, 3.63) is 128 Å². The van der Waals surface area contributed by atoms with Gasteiger partial charge in [0, 0.05) is 25.8 Å². The molecule has 0 fully saturated rings. The average Bonchev–Trinajstić information content (AvgIpc) is 3.62. The Morgan fingerprint density at radius 2 is 1.02 bits per heavy atom. The fourth-order valence-electron chi connectivity index (χ4n) is 5.43. The van der Waals surface area contributed by atoms with Gasteiger partial charge in [-0.25, -0.2) is 0 Å². The van der Waals surface area contributed by atoms with Crippen molar-refractivity contribution in [1.82, 2.24) is 0 Å². The largest absolute Gasteiger partial charge is 0.380 e. The van der Waals surface area contributed by atoms with E-state index in [9.17, 15) is 8.78 Å². The van der Waals surface area contributed by atoms with Gasteiger partial charge >= 0.3 is 17.8 Å². The Morgan fingerprint density at radius 1 is 0.545 bits per heavy atom. The van der Waals surface area contributed by atoms with Gasteiger partial charge in [-0.2, -0.15) is 26.3 Å². The van der Waals surface area contributed by atoms with Gasteiger partial charge in [0.15, 0.2) is 0 Å². The van der Waals surface area contributed by atoms with Crippen LogP contribution < -0.4 is 0 Å². The van der Waals surface area contributed by atoms with Crippen LogP contribution >= 0.6 is 22.7 Å². The predicted octanol–water partition coefficient (Wildman–Crippen LogP) is 12.1. The van der Waals surface area contributed by atoms with E-state index >= 15 is 17.6 Å². The molecular formula is C36H26F6S2. The van der Waals surface area contributed by atoms with Crippen molar-refractivity contribution in [2.24, 2.45) is 0 Å². The Balaban J connectivity index is 1.28. The third kappa shape index (κ3) is 4.94. The molecule has 0 bridgehead atoms. The van der Waals surface area contributed by atoms with E-state index in [1.807, 2.05) is 43.3 Å². The van der Waals surface area contributed by atoms with Crippen molar-refractivity contribution in [2.45, 2.75) is 38.5 Å². The molecule has 8 heteroatoms. The second kappa shape index (κ2) is 10.9. The second-order valence-electron chi connectivity index (χ2n) is 10.9. The number of thiophene rings is 2. The molecule has 0 aliphatic heterocycles. The number of benzene rings is 3. The van der Waals surface area contributed by atoms with Crippen LogP contribution in [-0.4, -0.2) is 17.8 Å². The smallest absolute Gasteiger partial charge is 0.194 e. The van der Waals surface area contributed by atoms with Gasteiger partial charge < -0.3 is 0 Å². The van der Waals surface area contributed by atoms with Crippen molar-refractivity contribution in [1.29, 1.82) is 0 Å². The molecule has 1 aliphatic rings. The van der Waals surface area contributed by atoms with E-state index in [0.717, 1.165) is 44.9 Å². The number of allylic oxidation sites excluding steroid dienone is 2. The zero-order chi connectivity index (χ0) is 31.4. The first-order valence-electron chi connectivity index (χ1n) is 13.8. The summed E-state index contributed by atoms with van der Waals surface area (Å²) in [6.45, 7) is 4.99. The average molecular weight is 637 g/mol. The maximum atomic E-state index is 15.2. The highest BCUT2D eigenvalue weighted by Crippen LogP contribution is 2.65. The van der Waals surface area contributed by atoms with Gasteiger partial charge in [-0.1, -0.05) is 90.5 Å². The van der Waals surface area contributed by atoms with Gasteiger partial charge in [-0.05, 0) is 77.2 Å². The van der Waals surface area contributed by atoms with Gasteiger partial charge in [-0.3, -0.25) is 0 Å². The first kappa shape index (κ1) is 30.2. The summed E-state index contributed by atoms with van der Waals surface area (Å²) in [6.07, 6.45) is 3.92. The Labute approximate surface area is 259 Å². The third-order valence-electron chi connectivity index (χ3n) is 7.94. The normalized spacial score (nSPS) is 17.1. The number of halogens is 6. The number of aryl methyl sites for hydroxylation is 3. The predicted molar refractivity (Wildman–Crippen MR) is 171 cm³/mol. The number of hydrogen-bond acceptors (Lipinski definition) is 2. The highest BCUT2D eigenvalue weighted by Gasteiger charge is 2.80. The van der Waals surface area contributed by atoms with Gasteiger partial charge in [0.05, 0.1) is 0 Å². The van der Waals surface area contributed by atoms with Crippen molar-refractivity contribution >= 4 is 46.0 Å². The van der Waals surface area contributed by atoms with Crippen LogP contribution in [0.15, 0.2) is 90.3 Å². The molecule has 2 heterocycles. The van der Waals surface area contributed by atoms with E-state index in [0.29, 0.717) is 10.4 Å². The SMILES string of the molecule is Cc1ccc(-c2ccc(/C=C/c3ccc(-c4cc(C5=C(c6ccsc6C)C(F)(F)C(F)(F)C5(F)F)c(C)s4)cc3)cc2)cc1. The standard InChI is InChI=1S/C36H26F6S2/c1-21-4-12-26(13-5-21)27-14-8-24(9-15-27)6-7-25-10-16-28(17-11-25)31-20-30(23(3)44-31)33-32(29-18-19-43-22(29)2)34(37,38)36(41,42)35(33,39)40/h4-20H,1-3H3/b7-6+. The van der Waals surface area contributed by atoms with Crippen molar-refractivity contribution in [2.75, 3.05) is 0 Å². The lowest BCUT2D eigenvalue weighted by molar-refractivity contribution is -0.254. The maximum Gasteiger partial charge on any atom is 0.380 e. The third-order valence-corrected chi connectivity index (χ3v) is 9.89. The maximum absolute atomic E-state index is 15.2. The molecule has 3 aromatic carbocycles. The fourth-order valence-corrected chi connectivity index (χ4v) is 7.17. The second-order valence-corrected chi connectivity index (χ2v) is 13.3. The van der Waals surface area contributed by atoms with Crippen LogP contribution in [0.5, 0.6) is 0 Å². The number of hydrogen-bond donors (Lipinski definition) is 0. The molecule has 5 aromatic rings. The van der Waals surface area contributed by atoms with Gasteiger partial charge in [0.2, 0.25) is 0 Å². The van der Waals surface area contributed by atoms with E-state index < -0.39 is 28.9 Å². The summed E-state index contributed by atoms with van der Waals surface area (Å²) in [5, 5.41) is 1.43. The van der Waals surface area contributed by atoms with Gasteiger partial charge in [0.25, 0.3) is 0 Å². The molecule has 0 N–H and O–H groups in total. The summed E-state index contributed by atoms with van der Waals surface area (Å²) in [5.74, 6) is -15.7. The summed E-state index contributed by atoms with van der Waals surface area (Å²) in [7, 11) is 0. The summed E-state index contributed by atoms with van der Waals surface area (Å²) in [4.78, 5) is 1.04. The van der Waals surface area contributed by atoms with E-state index in [1.54, 1.807) is 12.1 Å². The minimum Gasteiger partial charge on any atom is -0.194 e. The molecule has 0 unspecified atom stereocenters. The lowest BCUT2D eigenvalue weighted by Gasteiger charge is -2.25. The van der Waals surface area contributed by atoms with Crippen molar-refractivity contribution < 1.29 is 26.3 Å². The quantitative estimate of drug-likeness (QED) is 0.129. The van der Waals surface area contributed by atoms with Gasteiger partial charge in [0.1, 0.15) is 0 Å². The summed E-state index contributed by atoms with van der Waals surface area (Å²) in [5.41, 5.74) is 2.87. The Bertz CT molecular complexity index is 1890. The molecule has 0 saturated heterocycles. The topological polar surface area (TPSA) is 0 Å². The Morgan fingerprint density at radius 3 is 1.52 bits per heavy atom. The summed E-state index contributed by atoms with van der Waals surface area (Å²) >= 11 is 2.14. The lowest BCUT2D eigenvalue weighted by Crippen LogP contribution is -2.48. The molecule has 44 heavy (non-hydrogen) atoms. The first-order chi connectivity index (χ1) is 20.8. The molecule has 0 amide bonds. The fraction of sp³-hybridized carbons (Fsp3) is 0.167. The molecule has 0 radical (unpaired) electrons. The van der Waals surface area contributed by atoms with E-state index in [1.165, 1.54) is 36.9 Å². The van der Waals surface area contributed by atoms with Crippen molar-refractivity contribution in [3.63, 3.8) is 0 Å². The number of rotatable bonds is 6. The molecule has 224 valence electrons. The molecule has 0 nitrogen and oxygen atoms in total. The lowest BCUT2D eigenvalue weighted by atomic mass is 9.95. The van der Waals surface area contributed by atoms with Crippen LogP contribution in [-0.2, 0) is 0 Å². The zero-order valence-corrected chi connectivity index (χ0v) is 25.5. The van der Waals surface area contributed by atoms with Crippen LogP contribution in [0.25, 0.3) is 44.9 Å².